The lowest BCUT2D eigenvalue weighted by Crippen LogP contribution is -2.27. The molecule has 3 N–H and O–H groups in total. The van der Waals surface area contributed by atoms with Crippen LogP contribution in [0.1, 0.15) is 44.6 Å². The van der Waals surface area contributed by atoms with Gasteiger partial charge in [-0.15, -0.1) is 0 Å². The van der Waals surface area contributed by atoms with Crippen molar-refractivity contribution < 1.29 is 9.53 Å². The number of amides is 1. The molecule has 1 aliphatic rings. The summed E-state index contributed by atoms with van der Waals surface area (Å²) in [5.74, 6) is 0.644. The minimum Gasteiger partial charge on any atom is -0.399 e. The van der Waals surface area contributed by atoms with Gasteiger partial charge in [0.25, 0.3) is 0 Å². The lowest BCUT2D eigenvalue weighted by Gasteiger charge is -2.28. The molecule has 4 heteroatoms. The minimum atomic E-state index is -0.109. The van der Waals surface area contributed by atoms with Gasteiger partial charge >= 0.3 is 0 Å². The Balaban J connectivity index is 1.80. The summed E-state index contributed by atoms with van der Waals surface area (Å²) in [6.07, 6.45) is 6.09. The predicted octanol–water partition coefficient (Wildman–Crippen LogP) is 3.50. The maximum Gasteiger partial charge on any atom is 0.250 e. The summed E-state index contributed by atoms with van der Waals surface area (Å²) in [4.78, 5) is 12.0. The highest BCUT2D eigenvalue weighted by atomic mass is 16.5. The first-order valence-corrected chi connectivity index (χ1v) is 7.86. The Morgan fingerprint density at radius 3 is 3.00 bits per heavy atom. The average molecular weight is 290 g/mol. The SMILES string of the molecule is CCC1CCCC(OCC(=O)Nc2cc(N)ccc2C)C1. The maximum atomic E-state index is 12.0. The van der Waals surface area contributed by atoms with Crippen molar-refractivity contribution in [2.75, 3.05) is 17.7 Å². The van der Waals surface area contributed by atoms with E-state index < -0.39 is 0 Å². The summed E-state index contributed by atoms with van der Waals surface area (Å²) >= 11 is 0. The van der Waals surface area contributed by atoms with Crippen molar-refractivity contribution in [3.05, 3.63) is 23.8 Å². The molecule has 1 aliphatic carbocycles. The van der Waals surface area contributed by atoms with E-state index in [-0.39, 0.29) is 18.6 Å². The number of benzene rings is 1. The quantitative estimate of drug-likeness (QED) is 0.816. The van der Waals surface area contributed by atoms with Gasteiger partial charge in [-0.05, 0) is 43.4 Å². The standard InChI is InChI=1S/C17H26N2O2/c1-3-13-5-4-6-15(9-13)21-11-17(20)19-16-10-14(18)8-7-12(16)2/h7-8,10,13,15H,3-6,9,11,18H2,1-2H3,(H,19,20). The number of nitrogens with one attached hydrogen (secondary N) is 1. The van der Waals surface area contributed by atoms with Crippen LogP contribution in [0.2, 0.25) is 0 Å². The summed E-state index contributed by atoms with van der Waals surface area (Å²) in [6.45, 7) is 4.29. The highest BCUT2D eigenvalue weighted by molar-refractivity contribution is 5.92. The number of nitrogen functional groups attached to an aromatic ring is 1. The van der Waals surface area contributed by atoms with Crippen LogP contribution in [0.15, 0.2) is 18.2 Å². The number of ether oxygens (including phenoxy) is 1. The summed E-state index contributed by atoms with van der Waals surface area (Å²) in [7, 11) is 0. The molecule has 2 atom stereocenters. The summed E-state index contributed by atoms with van der Waals surface area (Å²) in [6, 6.07) is 5.51. The molecule has 0 aliphatic heterocycles. The minimum absolute atomic E-state index is 0.109. The van der Waals surface area contributed by atoms with Gasteiger partial charge in [-0.2, -0.15) is 0 Å². The Hall–Kier alpha value is -1.55. The number of carbonyl (C=O) groups excluding carboxylic acids is 1. The number of anilines is 2. The van der Waals surface area contributed by atoms with Crippen LogP contribution in [0.3, 0.4) is 0 Å². The molecule has 1 saturated carbocycles. The van der Waals surface area contributed by atoms with Gasteiger partial charge < -0.3 is 15.8 Å². The number of carbonyl (C=O) groups is 1. The Bertz CT molecular complexity index is 488. The van der Waals surface area contributed by atoms with Crippen LogP contribution < -0.4 is 11.1 Å². The van der Waals surface area contributed by atoms with Crippen LogP contribution in [0.25, 0.3) is 0 Å². The van der Waals surface area contributed by atoms with Gasteiger partial charge in [0.2, 0.25) is 5.91 Å². The van der Waals surface area contributed by atoms with Crippen molar-refractivity contribution in [2.45, 2.75) is 52.1 Å². The van der Waals surface area contributed by atoms with Crippen LogP contribution in [0.4, 0.5) is 11.4 Å². The first kappa shape index (κ1) is 15.8. The van der Waals surface area contributed by atoms with Crippen LogP contribution in [0.5, 0.6) is 0 Å². The van der Waals surface area contributed by atoms with Crippen LogP contribution >= 0.6 is 0 Å². The predicted molar refractivity (Wildman–Crippen MR) is 86.2 cm³/mol. The van der Waals surface area contributed by atoms with Crippen molar-refractivity contribution in [2.24, 2.45) is 5.92 Å². The zero-order valence-electron chi connectivity index (χ0n) is 13.0. The molecular weight excluding hydrogens is 264 g/mol. The molecule has 0 bridgehead atoms. The zero-order valence-corrected chi connectivity index (χ0v) is 13.0. The molecule has 4 nitrogen and oxygen atoms in total. The van der Waals surface area contributed by atoms with Crippen molar-refractivity contribution in [1.82, 2.24) is 0 Å². The molecule has 0 heterocycles. The van der Waals surface area contributed by atoms with Gasteiger partial charge in [0.15, 0.2) is 0 Å². The second-order valence-electron chi connectivity index (χ2n) is 6.00. The number of hydrogen-bond acceptors (Lipinski definition) is 3. The number of aryl methyl sites for hydroxylation is 1. The first-order valence-electron chi connectivity index (χ1n) is 7.86. The second kappa shape index (κ2) is 7.46. The average Bonchev–Trinajstić information content (AvgIpc) is 2.49. The second-order valence-corrected chi connectivity index (χ2v) is 6.00. The lowest BCUT2D eigenvalue weighted by molar-refractivity contribution is -0.123. The van der Waals surface area contributed by atoms with E-state index in [9.17, 15) is 4.79 Å². The maximum absolute atomic E-state index is 12.0. The van der Waals surface area contributed by atoms with Gasteiger partial charge in [-0.3, -0.25) is 4.79 Å². The molecule has 1 fully saturated rings. The van der Waals surface area contributed by atoms with E-state index >= 15 is 0 Å². The van der Waals surface area contributed by atoms with Crippen molar-refractivity contribution in [3.8, 4) is 0 Å². The fourth-order valence-corrected chi connectivity index (χ4v) is 2.92. The smallest absolute Gasteiger partial charge is 0.250 e. The first-order chi connectivity index (χ1) is 10.1. The molecule has 1 aromatic rings. The normalized spacial score (nSPS) is 22.0. The van der Waals surface area contributed by atoms with Gasteiger partial charge in [0, 0.05) is 11.4 Å². The highest BCUT2D eigenvalue weighted by Crippen LogP contribution is 2.28. The van der Waals surface area contributed by atoms with E-state index in [4.69, 9.17) is 10.5 Å². The van der Waals surface area contributed by atoms with Gasteiger partial charge in [-0.25, -0.2) is 0 Å². The molecule has 2 unspecified atom stereocenters. The molecule has 0 spiro atoms. The number of rotatable bonds is 5. The highest BCUT2D eigenvalue weighted by Gasteiger charge is 2.21. The van der Waals surface area contributed by atoms with Crippen molar-refractivity contribution in [3.63, 3.8) is 0 Å². The monoisotopic (exact) mass is 290 g/mol. The molecule has 0 radical (unpaired) electrons. The number of nitrogens with two attached hydrogens (primary N) is 1. The van der Waals surface area contributed by atoms with Gasteiger partial charge in [-0.1, -0.05) is 32.3 Å². The Morgan fingerprint density at radius 1 is 1.43 bits per heavy atom. The fourth-order valence-electron chi connectivity index (χ4n) is 2.92. The van der Waals surface area contributed by atoms with Crippen LogP contribution in [-0.4, -0.2) is 18.6 Å². The molecular formula is C17H26N2O2. The molecule has 1 amide bonds. The Kier molecular flexibility index (Phi) is 5.62. The lowest BCUT2D eigenvalue weighted by atomic mass is 9.85. The van der Waals surface area contributed by atoms with E-state index in [0.717, 1.165) is 30.0 Å². The third kappa shape index (κ3) is 4.74. The van der Waals surface area contributed by atoms with Crippen molar-refractivity contribution in [1.29, 1.82) is 0 Å². The summed E-state index contributed by atoms with van der Waals surface area (Å²) in [5, 5.41) is 2.87. The van der Waals surface area contributed by atoms with Gasteiger partial charge in [0.1, 0.15) is 6.61 Å². The summed E-state index contributed by atoms with van der Waals surface area (Å²) in [5.41, 5.74) is 8.15. The van der Waals surface area contributed by atoms with Crippen molar-refractivity contribution >= 4 is 17.3 Å². The third-order valence-electron chi connectivity index (χ3n) is 4.30. The molecule has 1 aromatic carbocycles. The molecule has 0 aromatic heterocycles. The summed E-state index contributed by atoms with van der Waals surface area (Å²) < 4.78 is 5.78. The molecule has 116 valence electrons. The fraction of sp³-hybridized carbons (Fsp3) is 0.588. The Labute approximate surface area is 127 Å². The Morgan fingerprint density at radius 2 is 2.24 bits per heavy atom. The third-order valence-corrected chi connectivity index (χ3v) is 4.30. The van der Waals surface area contributed by atoms with E-state index in [0.29, 0.717) is 5.69 Å². The van der Waals surface area contributed by atoms with Gasteiger partial charge in [0.05, 0.1) is 6.10 Å². The molecule has 21 heavy (non-hydrogen) atoms. The molecule has 0 saturated heterocycles. The van der Waals surface area contributed by atoms with E-state index in [1.165, 1.54) is 19.3 Å². The number of hydrogen-bond donors (Lipinski definition) is 2. The topological polar surface area (TPSA) is 64.3 Å². The van der Waals surface area contributed by atoms with Crippen LogP contribution in [-0.2, 0) is 9.53 Å². The van der Waals surface area contributed by atoms with E-state index in [1.807, 2.05) is 19.1 Å². The largest absolute Gasteiger partial charge is 0.399 e. The van der Waals surface area contributed by atoms with Crippen LogP contribution in [0, 0.1) is 12.8 Å². The zero-order chi connectivity index (χ0) is 15.2. The molecule has 2 rings (SSSR count). The van der Waals surface area contributed by atoms with E-state index in [1.54, 1.807) is 6.07 Å². The van der Waals surface area contributed by atoms with E-state index in [2.05, 4.69) is 12.2 Å².